The molecule has 2 aromatic rings. The molecule has 0 aliphatic carbocycles. The van der Waals surface area contributed by atoms with Crippen LogP contribution >= 0.6 is 11.3 Å². The van der Waals surface area contributed by atoms with Gasteiger partial charge in [-0.2, -0.15) is 0 Å². The largest absolute Gasteiger partial charge is 0.480 e. The molecule has 0 spiro atoms. The van der Waals surface area contributed by atoms with Gasteiger partial charge in [0, 0.05) is 17.1 Å². The fraction of sp³-hybridized carbons (Fsp3) is 0.273. The predicted octanol–water partition coefficient (Wildman–Crippen LogP) is 1.68. The second kappa shape index (κ2) is 5.01. The van der Waals surface area contributed by atoms with Crippen LogP contribution in [0.1, 0.15) is 21.2 Å². The van der Waals surface area contributed by atoms with Crippen molar-refractivity contribution in [2.45, 2.75) is 13.3 Å². The summed E-state index contributed by atoms with van der Waals surface area (Å²) in [7, 11) is 1.50. The lowest BCUT2D eigenvalue weighted by Crippen LogP contribution is -2.07. The van der Waals surface area contributed by atoms with Gasteiger partial charge >= 0.3 is 0 Å². The molecule has 0 bridgehead atoms. The van der Waals surface area contributed by atoms with Crippen molar-refractivity contribution in [2.24, 2.45) is 0 Å². The highest BCUT2D eigenvalue weighted by Crippen LogP contribution is 2.12. The van der Waals surface area contributed by atoms with E-state index < -0.39 is 0 Å². The fourth-order valence-electron chi connectivity index (χ4n) is 1.29. The molecule has 0 fully saturated rings. The number of nitrogens with zero attached hydrogens (tertiary/aromatic N) is 3. The van der Waals surface area contributed by atoms with Crippen LogP contribution in [0.5, 0.6) is 5.88 Å². The van der Waals surface area contributed by atoms with Gasteiger partial charge in [-0.1, -0.05) is 0 Å². The summed E-state index contributed by atoms with van der Waals surface area (Å²) in [4.78, 5) is 16.1. The Hall–Kier alpha value is -1.82. The third kappa shape index (κ3) is 2.85. The van der Waals surface area contributed by atoms with Gasteiger partial charge in [-0.05, 0) is 13.0 Å². The van der Waals surface area contributed by atoms with Gasteiger partial charge in [0.15, 0.2) is 5.78 Å². The quantitative estimate of drug-likeness (QED) is 0.771. The molecule has 2 rings (SSSR count). The Bertz CT molecular complexity index is 522. The van der Waals surface area contributed by atoms with Crippen molar-refractivity contribution in [2.75, 3.05) is 7.11 Å². The van der Waals surface area contributed by atoms with Crippen LogP contribution in [0.15, 0.2) is 17.5 Å². The van der Waals surface area contributed by atoms with Crippen molar-refractivity contribution in [1.82, 2.24) is 15.2 Å². The Labute approximate surface area is 102 Å². The summed E-state index contributed by atoms with van der Waals surface area (Å²) in [5.41, 5.74) is 1.26. The molecule has 17 heavy (non-hydrogen) atoms. The molecule has 0 aromatic carbocycles. The molecule has 0 saturated carbocycles. The average molecular weight is 249 g/mol. The van der Waals surface area contributed by atoms with Crippen LogP contribution in [0.4, 0.5) is 0 Å². The lowest BCUT2D eigenvalue weighted by molar-refractivity contribution is 0.0987. The van der Waals surface area contributed by atoms with E-state index in [2.05, 4.69) is 15.2 Å². The maximum Gasteiger partial charge on any atom is 0.233 e. The lowest BCUT2D eigenvalue weighted by Gasteiger charge is -1.99. The molecule has 0 atom stereocenters. The molecule has 88 valence electrons. The maximum absolute atomic E-state index is 11.8. The predicted molar refractivity (Wildman–Crippen MR) is 63.5 cm³/mol. The minimum absolute atomic E-state index is 0.0884. The minimum atomic E-state index is -0.0884. The molecule has 2 aromatic heterocycles. The summed E-state index contributed by atoms with van der Waals surface area (Å²) < 4.78 is 4.88. The van der Waals surface area contributed by atoms with Gasteiger partial charge in [-0.3, -0.25) is 4.79 Å². The van der Waals surface area contributed by atoms with Gasteiger partial charge in [0.05, 0.1) is 13.5 Å². The first-order valence-electron chi connectivity index (χ1n) is 5.01. The number of ketones is 1. The van der Waals surface area contributed by atoms with Gasteiger partial charge < -0.3 is 4.74 Å². The summed E-state index contributed by atoms with van der Waals surface area (Å²) in [5, 5.41) is 10.3. The van der Waals surface area contributed by atoms with Crippen LogP contribution < -0.4 is 4.74 Å². The first-order valence-corrected chi connectivity index (χ1v) is 5.89. The Morgan fingerprint density at radius 2 is 2.24 bits per heavy atom. The summed E-state index contributed by atoms with van der Waals surface area (Å²) in [6, 6.07) is 3.22. The van der Waals surface area contributed by atoms with E-state index in [-0.39, 0.29) is 12.2 Å². The fourth-order valence-corrected chi connectivity index (χ4v) is 2.06. The number of Topliss-reactive ketones (excluding diaryl/α,β-unsaturated/α-hetero) is 1. The molecule has 0 amide bonds. The number of thiazole rings is 1. The number of carbonyl (C=O) groups is 1. The Balaban J connectivity index is 2.09. The second-order valence-electron chi connectivity index (χ2n) is 3.44. The van der Waals surface area contributed by atoms with Crippen molar-refractivity contribution in [1.29, 1.82) is 0 Å². The Kier molecular flexibility index (Phi) is 3.43. The van der Waals surface area contributed by atoms with Gasteiger partial charge in [-0.15, -0.1) is 21.5 Å². The van der Waals surface area contributed by atoms with Crippen LogP contribution in [-0.2, 0) is 6.42 Å². The standard InChI is InChI=1S/C11H11N3O2S/c1-7-6-17-11(12-7)5-9(15)8-3-4-10(16-2)14-13-8/h3-4,6H,5H2,1-2H3. The molecular formula is C11H11N3O2S. The number of methoxy groups -OCH3 is 1. The van der Waals surface area contributed by atoms with Crippen molar-refractivity contribution in [3.8, 4) is 5.88 Å². The smallest absolute Gasteiger partial charge is 0.233 e. The molecule has 0 N–H and O–H groups in total. The van der Waals surface area contributed by atoms with E-state index >= 15 is 0 Å². The van der Waals surface area contributed by atoms with E-state index in [4.69, 9.17) is 4.74 Å². The number of ether oxygens (including phenoxy) is 1. The van der Waals surface area contributed by atoms with Crippen LogP contribution in [0.3, 0.4) is 0 Å². The van der Waals surface area contributed by atoms with Crippen LogP contribution in [0, 0.1) is 6.92 Å². The number of hydrogen-bond donors (Lipinski definition) is 0. The van der Waals surface area contributed by atoms with Gasteiger partial charge in [0.1, 0.15) is 10.7 Å². The summed E-state index contributed by atoms with van der Waals surface area (Å²) in [6.07, 6.45) is 0.263. The zero-order chi connectivity index (χ0) is 12.3. The highest BCUT2D eigenvalue weighted by Gasteiger charge is 2.11. The lowest BCUT2D eigenvalue weighted by atomic mass is 10.2. The number of hydrogen-bond acceptors (Lipinski definition) is 6. The minimum Gasteiger partial charge on any atom is -0.480 e. The average Bonchev–Trinajstić information content (AvgIpc) is 2.75. The third-order valence-electron chi connectivity index (χ3n) is 2.11. The number of aromatic nitrogens is 3. The Morgan fingerprint density at radius 3 is 2.76 bits per heavy atom. The monoisotopic (exact) mass is 249 g/mol. The number of aryl methyl sites for hydroxylation is 1. The molecule has 0 aliphatic heterocycles. The third-order valence-corrected chi connectivity index (χ3v) is 3.08. The molecule has 0 aliphatic rings. The van der Waals surface area contributed by atoms with Crippen molar-refractivity contribution in [3.63, 3.8) is 0 Å². The van der Waals surface area contributed by atoms with Crippen molar-refractivity contribution < 1.29 is 9.53 Å². The normalized spacial score (nSPS) is 10.2. The summed E-state index contributed by atoms with van der Waals surface area (Å²) in [5.74, 6) is 0.307. The summed E-state index contributed by atoms with van der Waals surface area (Å²) >= 11 is 1.48. The van der Waals surface area contributed by atoms with Crippen molar-refractivity contribution >= 4 is 17.1 Å². The maximum atomic E-state index is 11.8. The van der Waals surface area contributed by atoms with Gasteiger partial charge in [0.25, 0.3) is 0 Å². The van der Waals surface area contributed by atoms with E-state index in [0.29, 0.717) is 11.6 Å². The van der Waals surface area contributed by atoms with Crippen LogP contribution in [-0.4, -0.2) is 28.1 Å². The molecule has 0 radical (unpaired) electrons. The molecule has 0 unspecified atom stereocenters. The molecular weight excluding hydrogens is 238 g/mol. The molecule has 0 saturated heterocycles. The highest BCUT2D eigenvalue weighted by molar-refractivity contribution is 7.09. The van der Waals surface area contributed by atoms with Crippen LogP contribution in [0.2, 0.25) is 0 Å². The van der Waals surface area contributed by atoms with E-state index in [9.17, 15) is 4.79 Å². The number of rotatable bonds is 4. The molecule has 5 nitrogen and oxygen atoms in total. The summed E-state index contributed by atoms with van der Waals surface area (Å²) in [6.45, 7) is 1.90. The first kappa shape index (κ1) is 11.7. The Morgan fingerprint density at radius 1 is 1.41 bits per heavy atom. The van der Waals surface area contributed by atoms with E-state index in [1.165, 1.54) is 18.4 Å². The van der Waals surface area contributed by atoms with Gasteiger partial charge in [0.2, 0.25) is 5.88 Å². The van der Waals surface area contributed by atoms with E-state index in [1.807, 2.05) is 12.3 Å². The zero-order valence-corrected chi connectivity index (χ0v) is 10.3. The zero-order valence-electron chi connectivity index (χ0n) is 9.51. The van der Waals surface area contributed by atoms with Crippen LogP contribution in [0.25, 0.3) is 0 Å². The highest BCUT2D eigenvalue weighted by atomic mass is 32.1. The second-order valence-corrected chi connectivity index (χ2v) is 4.39. The molecule has 2 heterocycles. The van der Waals surface area contributed by atoms with Crippen molar-refractivity contribution in [3.05, 3.63) is 33.9 Å². The SMILES string of the molecule is COc1ccc(C(=O)Cc2nc(C)cs2)nn1. The number of carbonyl (C=O) groups excluding carboxylic acids is 1. The first-order chi connectivity index (χ1) is 8.19. The van der Waals surface area contributed by atoms with Gasteiger partial charge in [-0.25, -0.2) is 4.98 Å². The molecule has 6 heteroatoms. The van der Waals surface area contributed by atoms with E-state index in [1.54, 1.807) is 12.1 Å². The van der Waals surface area contributed by atoms with E-state index in [0.717, 1.165) is 10.7 Å². The topological polar surface area (TPSA) is 65.0 Å².